The summed E-state index contributed by atoms with van der Waals surface area (Å²) >= 11 is 0. The SMILES string of the molecule is Cc1ccc(C)c(C(C2CC2)N2CCNCC2)c1. The zero-order chi connectivity index (χ0) is 12.5. The average Bonchev–Trinajstić information content (AvgIpc) is 3.20. The second kappa shape index (κ2) is 5.02. The molecule has 1 saturated carbocycles. The first-order chi connectivity index (χ1) is 8.75. The first-order valence-corrected chi connectivity index (χ1v) is 7.27. The first kappa shape index (κ1) is 12.2. The van der Waals surface area contributed by atoms with E-state index in [2.05, 4.69) is 42.3 Å². The number of hydrogen-bond acceptors (Lipinski definition) is 2. The fourth-order valence-corrected chi connectivity index (χ4v) is 3.20. The van der Waals surface area contributed by atoms with Crippen LogP contribution in [0.15, 0.2) is 18.2 Å². The van der Waals surface area contributed by atoms with E-state index in [1.165, 1.54) is 37.1 Å². The number of hydrogen-bond donors (Lipinski definition) is 1. The van der Waals surface area contributed by atoms with Crippen molar-refractivity contribution in [2.24, 2.45) is 5.92 Å². The largest absolute Gasteiger partial charge is 0.314 e. The third-order valence-corrected chi connectivity index (χ3v) is 4.37. The van der Waals surface area contributed by atoms with Gasteiger partial charge in [-0.1, -0.05) is 23.8 Å². The highest BCUT2D eigenvalue weighted by molar-refractivity contribution is 5.34. The van der Waals surface area contributed by atoms with Gasteiger partial charge in [-0.05, 0) is 43.7 Å². The van der Waals surface area contributed by atoms with Gasteiger partial charge in [-0.25, -0.2) is 0 Å². The van der Waals surface area contributed by atoms with E-state index >= 15 is 0 Å². The monoisotopic (exact) mass is 244 g/mol. The maximum absolute atomic E-state index is 3.46. The fraction of sp³-hybridized carbons (Fsp3) is 0.625. The van der Waals surface area contributed by atoms with Gasteiger partial charge in [0.25, 0.3) is 0 Å². The molecule has 2 nitrogen and oxygen atoms in total. The van der Waals surface area contributed by atoms with E-state index in [0.29, 0.717) is 6.04 Å². The van der Waals surface area contributed by atoms with Crippen LogP contribution >= 0.6 is 0 Å². The molecule has 2 heteroatoms. The normalized spacial score (nSPS) is 23.0. The van der Waals surface area contributed by atoms with Crippen LogP contribution in [0.2, 0.25) is 0 Å². The Labute approximate surface area is 110 Å². The molecule has 1 unspecified atom stereocenters. The zero-order valence-corrected chi connectivity index (χ0v) is 11.6. The Bertz CT molecular complexity index is 417. The third-order valence-electron chi connectivity index (χ3n) is 4.37. The Morgan fingerprint density at radius 2 is 1.89 bits per heavy atom. The smallest absolute Gasteiger partial charge is 0.0380 e. The molecule has 2 fully saturated rings. The van der Waals surface area contributed by atoms with Gasteiger partial charge in [-0.15, -0.1) is 0 Å². The first-order valence-electron chi connectivity index (χ1n) is 7.27. The molecule has 1 N–H and O–H groups in total. The van der Waals surface area contributed by atoms with Gasteiger partial charge in [-0.3, -0.25) is 4.90 Å². The predicted molar refractivity (Wildman–Crippen MR) is 75.8 cm³/mol. The Kier molecular flexibility index (Phi) is 3.40. The van der Waals surface area contributed by atoms with Crippen LogP contribution in [0.3, 0.4) is 0 Å². The summed E-state index contributed by atoms with van der Waals surface area (Å²) in [7, 11) is 0. The van der Waals surface area contributed by atoms with E-state index < -0.39 is 0 Å². The highest BCUT2D eigenvalue weighted by Gasteiger charge is 2.37. The summed E-state index contributed by atoms with van der Waals surface area (Å²) in [5, 5.41) is 3.46. The molecule has 1 aromatic rings. The summed E-state index contributed by atoms with van der Waals surface area (Å²) in [5.74, 6) is 0.906. The van der Waals surface area contributed by atoms with Crippen LogP contribution in [-0.4, -0.2) is 31.1 Å². The maximum Gasteiger partial charge on any atom is 0.0380 e. The molecule has 18 heavy (non-hydrogen) atoms. The van der Waals surface area contributed by atoms with Crippen molar-refractivity contribution in [1.82, 2.24) is 10.2 Å². The van der Waals surface area contributed by atoms with Gasteiger partial charge < -0.3 is 5.32 Å². The van der Waals surface area contributed by atoms with Crippen LogP contribution in [0.4, 0.5) is 0 Å². The Balaban J connectivity index is 1.90. The molecular formula is C16H24N2. The molecule has 0 radical (unpaired) electrons. The lowest BCUT2D eigenvalue weighted by Gasteiger charge is -2.36. The van der Waals surface area contributed by atoms with E-state index in [4.69, 9.17) is 0 Å². The van der Waals surface area contributed by atoms with E-state index in [-0.39, 0.29) is 0 Å². The maximum atomic E-state index is 3.46. The molecule has 0 bridgehead atoms. The predicted octanol–water partition coefficient (Wildman–Crippen LogP) is 2.66. The Hall–Kier alpha value is -0.860. The summed E-state index contributed by atoms with van der Waals surface area (Å²) < 4.78 is 0. The summed E-state index contributed by atoms with van der Waals surface area (Å²) in [6.45, 7) is 9.18. The summed E-state index contributed by atoms with van der Waals surface area (Å²) in [6, 6.07) is 7.62. The molecule has 2 aliphatic rings. The van der Waals surface area contributed by atoms with Crippen molar-refractivity contribution < 1.29 is 0 Å². The fourth-order valence-electron chi connectivity index (χ4n) is 3.20. The number of aryl methyl sites for hydroxylation is 2. The molecule has 0 aromatic heterocycles. The number of rotatable bonds is 3. The molecular weight excluding hydrogens is 220 g/mol. The molecule has 1 aliphatic carbocycles. The standard InChI is InChI=1S/C16H24N2/c1-12-3-4-13(2)15(11-12)16(14-5-6-14)18-9-7-17-8-10-18/h3-4,11,14,16-17H,5-10H2,1-2H3. The van der Waals surface area contributed by atoms with E-state index in [9.17, 15) is 0 Å². The lowest BCUT2D eigenvalue weighted by molar-refractivity contribution is 0.155. The van der Waals surface area contributed by atoms with Crippen LogP contribution < -0.4 is 5.32 Å². The summed E-state index contributed by atoms with van der Waals surface area (Å²) in [5.41, 5.74) is 4.45. The molecule has 0 amide bonds. The van der Waals surface area contributed by atoms with Crippen molar-refractivity contribution in [3.8, 4) is 0 Å². The number of benzene rings is 1. The van der Waals surface area contributed by atoms with Crippen LogP contribution in [-0.2, 0) is 0 Å². The summed E-state index contributed by atoms with van der Waals surface area (Å²) in [6.07, 6.45) is 2.84. The second-order valence-electron chi connectivity index (χ2n) is 5.93. The van der Waals surface area contributed by atoms with E-state index in [1.54, 1.807) is 5.56 Å². The molecule has 1 saturated heterocycles. The van der Waals surface area contributed by atoms with Crippen molar-refractivity contribution in [2.45, 2.75) is 32.7 Å². The molecule has 3 rings (SSSR count). The summed E-state index contributed by atoms with van der Waals surface area (Å²) in [4.78, 5) is 2.70. The molecule has 1 aliphatic heterocycles. The highest BCUT2D eigenvalue weighted by Crippen LogP contribution is 2.45. The van der Waals surface area contributed by atoms with Gasteiger partial charge in [0.15, 0.2) is 0 Å². The van der Waals surface area contributed by atoms with E-state index in [0.717, 1.165) is 19.0 Å². The Morgan fingerprint density at radius 3 is 2.56 bits per heavy atom. The molecule has 98 valence electrons. The van der Waals surface area contributed by atoms with Crippen LogP contribution in [0.1, 0.15) is 35.6 Å². The number of piperazine rings is 1. The van der Waals surface area contributed by atoms with Crippen molar-refractivity contribution in [3.63, 3.8) is 0 Å². The van der Waals surface area contributed by atoms with Crippen LogP contribution in [0.5, 0.6) is 0 Å². The minimum atomic E-state index is 0.673. The van der Waals surface area contributed by atoms with Gasteiger partial charge in [0.1, 0.15) is 0 Å². The molecule has 0 spiro atoms. The van der Waals surface area contributed by atoms with Gasteiger partial charge >= 0.3 is 0 Å². The van der Waals surface area contributed by atoms with Crippen LogP contribution in [0.25, 0.3) is 0 Å². The zero-order valence-electron chi connectivity index (χ0n) is 11.6. The lowest BCUT2D eigenvalue weighted by atomic mass is 9.94. The third kappa shape index (κ3) is 2.45. The molecule has 1 atom stereocenters. The topological polar surface area (TPSA) is 15.3 Å². The van der Waals surface area contributed by atoms with Gasteiger partial charge in [-0.2, -0.15) is 0 Å². The number of nitrogens with zero attached hydrogens (tertiary/aromatic N) is 1. The quantitative estimate of drug-likeness (QED) is 0.879. The minimum absolute atomic E-state index is 0.673. The minimum Gasteiger partial charge on any atom is -0.314 e. The molecule has 1 aromatic carbocycles. The van der Waals surface area contributed by atoms with Gasteiger partial charge in [0, 0.05) is 32.2 Å². The lowest BCUT2D eigenvalue weighted by Crippen LogP contribution is -2.45. The second-order valence-corrected chi connectivity index (χ2v) is 5.93. The van der Waals surface area contributed by atoms with Crippen molar-refractivity contribution in [1.29, 1.82) is 0 Å². The molecule has 1 heterocycles. The average molecular weight is 244 g/mol. The van der Waals surface area contributed by atoms with Crippen molar-refractivity contribution in [3.05, 3.63) is 34.9 Å². The van der Waals surface area contributed by atoms with Gasteiger partial charge in [0.05, 0.1) is 0 Å². The number of nitrogens with one attached hydrogen (secondary N) is 1. The highest BCUT2D eigenvalue weighted by atomic mass is 15.2. The van der Waals surface area contributed by atoms with E-state index in [1.807, 2.05) is 0 Å². The van der Waals surface area contributed by atoms with Gasteiger partial charge in [0.2, 0.25) is 0 Å². The Morgan fingerprint density at radius 1 is 1.17 bits per heavy atom. The van der Waals surface area contributed by atoms with Crippen LogP contribution in [0, 0.1) is 19.8 Å². The van der Waals surface area contributed by atoms with Crippen molar-refractivity contribution in [2.75, 3.05) is 26.2 Å². The van der Waals surface area contributed by atoms with Crippen molar-refractivity contribution >= 4 is 0 Å².